The van der Waals surface area contributed by atoms with E-state index in [2.05, 4.69) is 26.1 Å². The fourth-order valence-corrected chi connectivity index (χ4v) is 5.67. The summed E-state index contributed by atoms with van der Waals surface area (Å²) in [5.74, 6) is 0.402. The maximum atomic E-state index is 12.6. The van der Waals surface area contributed by atoms with Crippen molar-refractivity contribution in [2.45, 2.75) is 38.5 Å². The molecule has 2 heterocycles. The first-order valence-electron chi connectivity index (χ1n) is 10.1. The molecule has 2 aliphatic carbocycles. The highest BCUT2D eigenvalue weighted by atomic mass is 32.2. The Bertz CT molecular complexity index is 1240. The number of urea groups is 1. The number of aromatic nitrogens is 3. The van der Waals surface area contributed by atoms with Gasteiger partial charge >= 0.3 is 6.03 Å². The summed E-state index contributed by atoms with van der Waals surface area (Å²) in [5.41, 5.74) is 5.64. The van der Waals surface area contributed by atoms with Gasteiger partial charge in [0.05, 0.1) is 5.41 Å². The lowest BCUT2D eigenvalue weighted by atomic mass is 9.99. The number of fused-ring (bicyclic) bond motifs is 2. The molecule has 31 heavy (non-hydrogen) atoms. The summed E-state index contributed by atoms with van der Waals surface area (Å²) in [7, 11) is -4.00. The van der Waals surface area contributed by atoms with Crippen molar-refractivity contribution in [2.75, 3.05) is 5.32 Å². The lowest BCUT2D eigenvalue weighted by Crippen LogP contribution is -2.33. The second kappa shape index (κ2) is 7.93. The molecule has 0 aliphatic heterocycles. The minimum Gasteiger partial charge on any atom is -0.307 e. The zero-order chi connectivity index (χ0) is 21.4. The van der Waals surface area contributed by atoms with E-state index in [1.165, 1.54) is 28.5 Å². The molecule has 0 saturated heterocycles. The third-order valence-corrected chi connectivity index (χ3v) is 7.37. The molecule has 0 fully saturated rings. The van der Waals surface area contributed by atoms with Gasteiger partial charge in [-0.3, -0.25) is 4.57 Å². The van der Waals surface area contributed by atoms with Gasteiger partial charge in [0, 0.05) is 29.7 Å². The molecule has 0 atom stereocenters. The van der Waals surface area contributed by atoms with Gasteiger partial charge in [0.1, 0.15) is 5.82 Å². The molecule has 3 aromatic rings. The Hall–Kier alpha value is -2.98. The van der Waals surface area contributed by atoms with Crippen LogP contribution in [0, 0.1) is 0 Å². The molecule has 5 rings (SSSR count). The first-order valence-corrected chi connectivity index (χ1v) is 12.5. The lowest BCUT2D eigenvalue weighted by Gasteiger charge is -2.16. The minimum absolute atomic E-state index is 0.402. The molecule has 0 saturated carbocycles. The Morgan fingerprint density at radius 2 is 1.81 bits per heavy atom. The molecule has 1 aromatic carbocycles. The van der Waals surface area contributed by atoms with Crippen molar-refractivity contribution in [3.05, 3.63) is 63.5 Å². The van der Waals surface area contributed by atoms with E-state index in [1.54, 1.807) is 23.2 Å². The average molecular weight is 456 g/mol. The quantitative estimate of drug-likeness (QED) is 0.613. The van der Waals surface area contributed by atoms with Crippen LogP contribution in [0.15, 0.2) is 35.4 Å². The van der Waals surface area contributed by atoms with Crippen molar-refractivity contribution < 1.29 is 13.2 Å². The number of hydrogen-bond donors (Lipinski definition) is 2. The third kappa shape index (κ3) is 4.00. The van der Waals surface area contributed by atoms with Gasteiger partial charge in [-0.05, 0) is 66.9 Å². The number of carbonyl (C=O) groups is 1. The largest absolute Gasteiger partial charge is 0.333 e. The zero-order valence-corrected chi connectivity index (χ0v) is 18.3. The van der Waals surface area contributed by atoms with Crippen LogP contribution in [-0.4, -0.2) is 29.0 Å². The number of nitrogens with one attached hydrogen (secondary N) is 2. The van der Waals surface area contributed by atoms with E-state index in [9.17, 15) is 13.2 Å². The Kier molecular flexibility index (Phi) is 5.11. The van der Waals surface area contributed by atoms with Gasteiger partial charge < -0.3 is 5.32 Å². The maximum absolute atomic E-state index is 12.6. The summed E-state index contributed by atoms with van der Waals surface area (Å²) in [6, 6.07) is 1.51. The monoisotopic (exact) mass is 455 g/mol. The second-order valence-electron chi connectivity index (χ2n) is 7.61. The van der Waals surface area contributed by atoms with Crippen LogP contribution < -0.4 is 10.0 Å². The number of rotatable bonds is 5. The van der Waals surface area contributed by atoms with Crippen molar-refractivity contribution in [1.82, 2.24) is 19.3 Å². The van der Waals surface area contributed by atoms with Gasteiger partial charge in [0.2, 0.25) is 0 Å². The summed E-state index contributed by atoms with van der Waals surface area (Å²) in [6.45, 7) is 0. The van der Waals surface area contributed by atoms with Crippen LogP contribution in [0.4, 0.5) is 10.5 Å². The van der Waals surface area contributed by atoms with Gasteiger partial charge in [0.15, 0.2) is 5.13 Å². The van der Waals surface area contributed by atoms with Crippen LogP contribution in [-0.2, 0) is 35.7 Å². The number of benzene rings is 1. The Balaban J connectivity index is 1.33. The van der Waals surface area contributed by atoms with E-state index < -0.39 is 16.1 Å². The van der Waals surface area contributed by atoms with Crippen LogP contribution in [0.3, 0.4) is 0 Å². The summed E-state index contributed by atoms with van der Waals surface area (Å²) in [6.07, 6.45) is 12.2. The predicted molar refractivity (Wildman–Crippen MR) is 120 cm³/mol. The fraction of sp³-hybridized carbons (Fsp3) is 0.286. The van der Waals surface area contributed by atoms with Gasteiger partial charge in [0.25, 0.3) is 10.0 Å². The molecule has 2 aromatic heterocycles. The third-order valence-electron chi connectivity index (χ3n) is 5.64. The fourth-order valence-electron chi connectivity index (χ4n) is 4.35. The number of anilines is 1. The molecule has 2 N–H and O–H groups in total. The molecule has 0 spiro atoms. The topological polar surface area (TPSA) is 106 Å². The molecule has 0 bridgehead atoms. The number of aryl methyl sites for hydroxylation is 2. The predicted octanol–water partition coefficient (Wildman–Crippen LogP) is 3.43. The molecule has 0 unspecified atom stereocenters. The van der Waals surface area contributed by atoms with Crippen molar-refractivity contribution in [3.63, 3.8) is 0 Å². The number of hydrogen-bond acceptors (Lipinski definition) is 6. The Labute approximate surface area is 184 Å². The maximum Gasteiger partial charge on any atom is 0.333 e. The van der Waals surface area contributed by atoms with E-state index in [0.717, 1.165) is 60.7 Å². The van der Waals surface area contributed by atoms with Gasteiger partial charge in [-0.2, -0.15) is 0 Å². The van der Waals surface area contributed by atoms with Crippen LogP contribution >= 0.6 is 11.3 Å². The molecule has 0 radical (unpaired) electrons. The zero-order valence-electron chi connectivity index (χ0n) is 16.7. The van der Waals surface area contributed by atoms with Gasteiger partial charge in [-0.1, -0.05) is 6.07 Å². The van der Waals surface area contributed by atoms with Crippen LogP contribution in [0.2, 0.25) is 0 Å². The molecular weight excluding hydrogens is 434 g/mol. The highest BCUT2D eigenvalue weighted by Gasteiger charge is 2.25. The number of thiazole rings is 1. The highest BCUT2D eigenvalue weighted by molar-refractivity contribution is 7.93. The van der Waals surface area contributed by atoms with Crippen molar-refractivity contribution >= 4 is 39.2 Å². The van der Waals surface area contributed by atoms with Crippen molar-refractivity contribution in [2.24, 2.45) is 0 Å². The summed E-state index contributed by atoms with van der Waals surface area (Å²) in [5, 5.41) is 6.27. The van der Waals surface area contributed by atoms with Crippen LogP contribution in [0.25, 0.3) is 11.2 Å². The number of nitrogens with zero attached hydrogens (tertiary/aromatic N) is 3. The number of sulfonamides is 1. The van der Waals surface area contributed by atoms with Crippen LogP contribution in [0.5, 0.6) is 0 Å². The number of carbonyl (C=O) groups excluding carboxylic acids is 1. The second-order valence-corrected chi connectivity index (χ2v) is 10.0. The van der Waals surface area contributed by atoms with E-state index in [4.69, 9.17) is 0 Å². The van der Waals surface area contributed by atoms with E-state index in [1.807, 2.05) is 5.38 Å². The summed E-state index contributed by atoms with van der Waals surface area (Å²) in [4.78, 5) is 20.9. The first-order chi connectivity index (χ1) is 15.0. The molecular formula is C21H21N5O3S2. The first kappa shape index (κ1) is 20.0. The molecule has 8 nitrogen and oxygen atoms in total. The van der Waals surface area contributed by atoms with E-state index in [-0.39, 0.29) is 0 Å². The molecule has 10 heteroatoms. The Morgan fingerprint density at radius 3 is 2.48 bits per heavy atom. The summed E-state index contributed by atoms with van der Waals surface area (Å²) >= 11 is 1.41. The van der Waals surface area contributed by atoms with E-state index >= 15 is 0 Å². The lowest BCUT2D eigenvalue weighted by molar-refractivity contribution is 0.256. The van der Waals surface area contributed by atoms with Crippen molar-refractivity contribution in [1.29, 1.82) is 0 Å². The molecule has 160 valence electrons. The van der Waals surface area contributed by atoms with Crippen LogP contribution in [0.1, 0.15) is 40.9 Å². The smallest absolute Gasteiger partial charge is 0.307 e. The van der Waals surface area contributed by atoms with Gasteiger partial charge in [-0.15, -0.1) is 11.3 Å². The van der Waals surface area contributed by atoms with Gasteiger partial charge in [-0.25, -0.2) is 27.9 Å². The van der Waals surface area contributed by atoms with E-state index in [0.29, 0.717) is 11.0 Å². The highest BCUT2D eigenvalue weighted by Crippen LogP contribution is 2.38. The molecule has 2 amide bonds. The molecule has 2 aliphatic rings. The standard InChI is InChI=1S/C21H21N5O3S2/c27-20(24-19-16-5-1-3-14(16)13-15-4-2-6-17(15)19)25-31(28,29)12-7-18-22-8-10-26(18)21-23-9-11-30-21/h7-13H,1-6H2,(H2,24,25,27)/b12-7+. The number of amides is 2. The minimum atomic E-state index is -4.00. The number of imidazole rings is 1. The summed E-state index contributed by atoms with van der Waals surface area (Å²) < 4.78 is 28.7. The Morgan fingerprint density at radius 1 is 1.06 bits per heavy atom. The SMILES string of the molecule is O=C(Nc1c2c(cc3c1CCC3)CCC2)NS(=O)(=O)/C=C/c1nccn1-c1nccs1. The van der Waals surface area contributed by atoms with Crippen molar-refractivity contribution in [3.8, 4) is 5.13 Å². The normalized spacial score (nSPS) is 15.2. The average Bonchev–Trinajstić information content (AvgIpc) is 3.52.